The van der Waals surface area contributed by atoms with Gasteiger partial charge in [0.15, 0.2) is 0 Å². The Bertz CT molecular complexity index is 1120. The summed E-state index contributed by atoms with van der Waals surface area (Å²) in [7, 11) is 0. The lowest BCUT2D eigenvalue weighted by molar-refractivity contribution is 0.0730. The minimum atomic E-state index is -0.134. The van der Waals surface area contributed by atoms with Crippen molar-refractivity contribution in [1.29, 1.82) is 5.26 Å². The van der Waals surface area contributed by atoms with Crippen LogP contribution in [0.15, 0.2) is 71.7 Å². The number of hydrogen-bond donors (Lipinski definition) is 1. The van der Waals surface area contributed by atoms with E-state index in [1.807, 2.05) is 53.4 Å². The quantitative estimate of drug-likeness (QED) is 0.703. The Morgan fingerprint density at radius 2 is 1.90 bits per heavy atom. The topological polar surface area (TPSA) is 77.0 Å². The molecule has 30 heavy (non-hydrogen) atoms. The molecule has 5 nitrogen and oxygen atoms in total. The summed E-state index contributed by atoms with van der Waals surface area (Å²) in [5, 5.41) is 9.07. The van der Waals surface area contributed by atoms with Gasteiger partial charge < -0.3 is 9.88 Å². The molecule has 4 rings (SSSR count). The van der Waals surface area contributed by atoms with Crippen LogP contribution in [0.2, 0.25) is 0 Å². The maximum absolute atomic E-state index is 13.1. The molecular weight excluding hydrogens is 374 g/mol. The van der Waals surface area contributed by atoms with Gasteiger partial charge in [0.2, 0.25) is 5.56 Å². The number of carbonyl (C=O) groups is 1. The first-order valence-corrected chi connectivity index (χ1v) is 10.2. The van der Waals surface area contributed by atoms with E-state index in [1.165, 1.54) is 6.07 Å². The number of aromatic amines is 1. The van der Waals surface area contributed by atoms with Gasteiger partial charge in [-0.25, -0.2) is 0 Å². The number of aryl methyl sites for hydroxylation is 1. The number of likely N-dealkylation sites (tertiary alicyclic amines) is 1. The summed E-state index contributed by atoms with van der Waals surface area (Å²) in [4.78, 5) is 29.0. The third-order valence-electron chi connectivity index (χ3n) is 5.71. The smallest absolute Gasteiger partial charge is 0.254 e. The second-order valence-corrected chi connectivity index (χ2v) is 7.66. The van der Waals surface area contributed by atoms with Crippen molar-refractivity contribution >= 4 is 5.91 Å². The standard InChI is InChI=1S/C25H23N3O2/c26-16-19-4-1-3-18(15-19)6-12-23-5-2-14-28(23)25(30)21-9-7-20(8-10-21)22-11-13-24(29)27-17-22/h1,3-4,7-11,13,15,17,23H,2,5-6,12,14H2,(H,27,29). The van der Waals surface area contributed by atoms with Crippen molar-refractivity contribution < 1.29 is 4.79 Å². The van der Waals surface area contributed by atoms with Crippen LogP contribution in [0, 0.1) is 11.3 Å². The summed E-state index contributed by atoms with van der Waals surface area (Å²) in [6, 6.07) is 20.9. The molecule has 0 saturated carbocycles. The van der Waals surface area contributed by atoms with E-state index in [-0.39, 0.29) is 17.5 Å². The van der Waals surface area contributed by atoms with Crippen molar-refractivity contribution in [2.45, 2.75) is 31.7 Å². The van der Waals surface area contributed by atoms with Crippen LogP contribution in [-0.4, -0.2) is 28.4 Å². The van der Waals surface area contributed by atoms with Gasteiger partial charge in [-0.05, 0) is 72.7 Å². The fourth-order valence-electron chi connectivity index (χ4n) is 4.09. The molecule has 0 aliphatic carbocycles. The van der Waals surface area contributed by atoms with Crippen molar-refractivity contribution in [2.24, 2.45) is 0 Å². The zero-order valence-corrected chi connectivity index (χ0v) is 16.7. The van der Waals surface area contributed by atoms with E-state index < -0.39 is 0 Å². The van der Waals surface area contributed by atoms with E-state index in [0.717, 1.165) is 48.9 Å². The third kappa shape index (κ3) is 4.33. The van der Waals surface area contributed by atoms with Crippen molar-refractivity contribution in [3.05, 3.63) is 93.9 Å². The molecule has 3 aromatic rings. The second-order valence-electron chi connectivity index (χ2n) is 7.66. The van der Waals surface area contributed by atoms with Crippen molar-refractivity contribution in [2.75, 3.05) is 6.54 Å². The molecule has 2 heterocycles. The van der Waals surface area contributed by atoms with E-state index in [2.05, 4.69) is 11.1 Å². The van der Waals surface area contributed by atoms with E-state index in [9.17, 15) is 9.59 Å². The molecule has 1 aromatic heterocycles. The Labute approximate surface area is 175 Å². The zero-order valence-electron chi connectivity index (χ0n) is 16.7. The number of H-pyrrole nitrogens is 1. The number of aromatic nitrogens is 1. The van der Waals surface area contributed by atoms with Crippen LogP contribution in [0.5, 0.6) is 0 Å². The highest BCUT2D eigenvalue weighted by Gasteiger charge is 2.29. The van der Waals surface area contributed by atoms with Crippen LogP contribution in [0.1, 0.15) is 40.7 Å². The largest absolute Gasteiger partial charge is 0.336 e. The molecular formula is C25H23N3O2. The van der Waals surface area contributed by atoms with Crippen LogP contribution < -0.4 is 5.56 Å². The molecule has 0 spiro atoms. The normalized spacial score (nSPS) is 15.7. The van der Waals surface area contributed by atoms with E-state index in [1.54, 1.807) is 12.3 Å². The minimum Gasteiger partial charge on any atom is -0.336 e. The lowest BCUT2D eigenvalue weighted by Gasteiger charge is -2.25. The number of benzene rings is 2. The predicted octanol–water partition coefficient (Wildman–Crippen LogP) is 4.15. The number of rotatable bonds is 5. The molecule has 1 unspecified atom stereocenters. The van der Waals surface area contributed by atoms with Gasteiger partial charge in [-0.3, -0.25) is 9.59 Å². The Morgan fingerprint density at radius 3 is 2.63 bits per heavy atom. The minimum absolute atomic E-state index is 0.0660. The van der Waals surface area contributed by atoms with Gasteiger partial charge in [-0.15, -0.1) is 0 Å². The summed E-state index contributed by atoms with van der Waals surface area (Å²) in [5.41, 5.74) is 4.23. The Morgan fingerprint density at radius 1 is 1.10 bits per heavy atom. The maximum Gasteiger partial charge on any atom is 0.254 e. The first-order chi connectivity index (χ1) is 14.6. The molecule has 1 atom stereocenters. The maximum atomic E-state index is 13.1. The molecule has 0 radical (unpaired) electrons. The summed E-state index contributed by atoms with van der Waals surface area (Å²) >= 11 is 0. The van der Waals surface area contributed by atoms with Gasteiger partial charge in [-0.1, -0.05) is 24.3 Å². The average molecular weight is 397 g/mol. The molecule has 1 fully saturated rings. The predicted molar refractivity (Wildman–Crippen MR) is 116 cm³/mol. The van der Waals surface area contributed by atoms with Crippen molar-refractivity contribution in [1.82, 2.24) is 9.88 Å². The summed E-state index contributed by atoms with van der Waals surface area (Å²) in [5.74, 6) is 0.0660. The first-order valence-electron chi connectivity index (χ1n) is 10.2. The van der Waals surface area contributed by atoms with Crippen molar-refractivity contribution in [3.63, 3.8) is 0 Å². The molecule has 1 aliphatic rings. The number of amides is 1. The fourth-order valence-corrected chi connectivity index (χ4v) is 4.09. The molecule has 1 saturated heterocycles. The molecule has 5 heteroatoms. The third-order valence-corrected chi connectivity index (χ3v) is 5.71. The van der Waals surface area contributed by atoms with Gasteiger partial charge in [-0.2, -0.15) is 5.26 Å². The number of hydrogen-bond acceptors (Lipinski definition) is 3. The Hall–Kier alpha value is -3.65. The van der Waals surface area contributed by atoms with Crippen LogP contribution in [0.25, 0.3) is 11.1 Å². The highest BCUT2D eigenvalue weighted by molar-refractivity contribution is 5.95. The first kappa shape index (κ1) is 19.7. The van der Waals surface area contributed by atoms with Crippen LogP contribution in [-0.2, 0) is 6.42 Å². The molecule has 150 valence electrons. The molecule has 2 aromatic carbocycles. The summed E-state index contributed by atoms with van der Waals surface area (Å²) < 4.78 is 0. The number of nitrogens with one attached hydrogen (secondary N) is 1. The van der Waals surface area contributed by atoms with E-state index in [4.69, 9.17) is 5.26 Å². The number of nitrogens with zero attached hydrogens (tertiary/aromatic N) is 2. The Kier molecular flexibility index (Phi) is 5.76. The van der Waals surface area contributed by atoms with E-state index >= 15 is 0 Å². The SMILES string of the molecule is N#Cc1cccc(CCC2CCCN2C(=O)c2ccc(-c3ccc(=O)[nH]c3)cc2)c1. The van der Waals surface area contributed by atoms with Crippen LogP contribution in [0.4, 0.5) is 0 Å². The van der Waals surface area contributed by atoms with E-state index in [0.29, 0.717) is 11.1 Å². The fraction of sp³-hybridized carbons (Fsp3) is 0.240. The van der Waals surface area contributed by atoms with Gasteiger partial charge in [0.05, 0.1) is 11.6 Å². The van der Waals surface area contributed by atoms with Gasteiger partial charge >= 0.3 is 0 Å². The summed E-state index contributed by atoms with van der Waals surface area (Å²) in [6.45, 7) is 0.781. The molecule has 0 bridgehead atoms. The van der Waals surface area contributed by atoms with Gasteiger partial charge in [0, 0.05) is 30.4 Å². The second kappa shape index (κ2) is 8.79. The van der Waals surface area contributed by atoms with Gasteiger partial charge in [0.25, 0.3) is 5.91 Å². The van der Waals surface area contributed by atoms with Crippen molar-refractivity contribution in [3.8, 4) is 17.2 Å². The highest BCUT2D eigenvalue weighted by Crippen LogP contribution is 2.25. The van der Waals surface area contributed by atoms with Gasteiger partial charge in [0.1, 0.15) is 0 Å². The number of pyridine rings is 1. The number of carbonyl (C=O) groups excluding carboxylic acids is 1. The van der Waals surface area contributed by atoms with Crippen LogP contribution in [0.3, 0.4) is 0 Å². The zero-order chi connectivity index (χ0) is 20.9. The van der Waals surface area contributed by atoms with Crippen LogP contribution >= 0.6 is 0 Å². The molecule has 1 amide bonds. The summed E-state index contributed by atoms with van der Waals surface area (Å²) in [6.07, 6.45) is 5.46. The lowest BCUT2D eigenvalue weighted by atomic mass is 10.0. The average Bonchev–Trinajstić information content (AvgIpc) is 3.26. The highest BCUT2D eigenvalue weighted by atomic mass is 16.2. The number of nitriles is 1. The molecule has 1 N–H and O–H groups in total. The Balaban J connectivity index is 1.43. The monoisotopic (exact) mass is 397 g/mol. The molecule has 1 aliphatic heterocycles. The lowest BCUT2D eigenvalue weighted by Crippen LogP contribution is -2.35.